The number of aromatic nitrogens is 1. The maximum atomic E-state index is 11.9. The van der Waals surface area contributed by atoms with Gasteiger partial charge in [-0.2, -0.15) is 0 Å². The second-order valence-corrected chi connectivity index (χ2v) is 8.79. The minimum absolute atomic E-state index is 0.162. The number of benzene rings is 2. The monoisotopic (exact) mass is 583 g/mol. The van der Waals surface area contributed by atoms with Crippen LogP contribution in [0.25, 0.3) is 22.0 Å². The van der Waals surface area contributed by atoms with Crippen LogP contribution in [0, 0.1) is 0 Å². The third-order valence-corrected chi connectivity index (χ3v) is 5.45. The van der Waals surface area contributed by atoms with Crippen molar-refractivity contribution >= 4 is 16.9 Å². The van der Waals surface area contributed by atoms with Crippen LogP contribution in [0.4, 0.5) is 0 Å². The van der Waals surface area contributed by atoms with Crippen molar-refractivity contribution in [2.24, 2.45) is 7.05 Å². The minimum atomic E-state index is -0.932. The second kappa shape index (κ2) is 26.5. The van der Waals surface area contributed by atoms with Gasteiger partial charge in [0.1, 0.15) is 18.1 Å². The lowest BCUT2D eigenvalue weighted by atomic mass is 10.0. The number of carboxylic acid groups (broad SMARTS) is 1. The number of methoxy groups -OCH3 is 1. The Balaban J connectivity index is 0. The van der Waals surface area contributed by atoms with Gasteiger partial charge in [0, 0.05) is 37.2 Å². The topological polar surface area (TPSA) is 69.9 Å². The van der Waals surface area contributed by atoms with E-state index < -0.39 is 5.97 Å². The summed E-state index contributed by atoms with van der Waals surface area (Å²) in [7, 11) is 3.43. The van der Waals surface area contributed by atoms with Gasteiger partial charge in [0.05, 0.1) is 12.7 Å². The molecular weight excluding hydrogens is 526 g/mol. The van der Waals surface area contributed by atoms with Crippen LogP contribution in [0.1, 0.15) is 84.6 Å². The molecule has 1 aliphatic heterocycles. The first-order chi connectivity index (χ1) is 20.4. The molecule has 0 amide bonds. The van der Waals surface area contributed by atoms with Crippen LogP contribution in [0.15, 0.2) is 73.8 Å². The van der Waals surface area contributed by atoms with Gasteiger partial charge in [0.15, 0.2) is 0 Å². The number of carboxylic acids is 1. The highest BCUT2D eigenvalue weighted by Gasteiger charge is 2.21. The first-order valence-electron chi connectivity index (χ1n) is 15.2. The van der Waals surface area contributed by atoms with Crippen LogP contribution in [0.5, 0.6) is 5.75 Å². The molecule has 0 aliphatic carbocycles. The molecule has 1 aromatic heterocycles. The second-order valence-electron chi connectivity index (χ2n) is 8.79. The summed E-state index contributed by atoms with van der Waals surface area (Å²) < 4.78 is 17.9. The molecule has 0 radical (unpaired) electrons. The Morgan fingerprint density at radius 3 is 2.07 bits per heavy atom. The van der Waals surface area contributed by atoms with Crippen LogP contribution in [-0.4, -0.2) is 48.7 Å². The quantitative estimate of drug-likeness (QED) is 0.280. The molecule has 0 saturated carbocycles. The molecule has 3 aromatic rings. The van der Waals surface area contributed by atoms with Gasteiger partial charge in [-0.05, 0) is 49.9 Å². The van der Waals surface area contributed by atoms with Gasteiger partial charge in [-0.1, -0.05) is 90.4 Å². The summed E-state index contributed by atoms with van der Waals surface area (Å²) in [6, 6.07) is 15.4. The Morgan fingerprint density at radius 2 is 1.62 bits per heavy atom. The molecule has 236 valence electrons. The van der Waals surface area contributed by atoms with Crippen molar-refractivity contribution in [2.45, 2.75) is 80.3 Å². The molecule has 1 saturated heterocycles. The lowest BCUT2D eigenvalue weighted by Crippen LogP contribution is -2.25. The number of allylic oxidation sites excluding steroid dienone is 1. The zero-order chi connectivity index (χ0) is 32.3. The van der Waals surface area contributed by atoms with E-state index in [1.807, 2.05) is 83.1 Å². The normalized spacial score (nSPS) is 12.9. The number of carbonyl (C=O) groups is 1. The highest BCUT2D eigenvalue weighted by Crippen LogP contribution is 2.35. The van der Waals surface area contributed by atoms with Crippen LogP contribution in [-0.2, 0) is 16.5 Å². The summed E-state index contributed by atoms with van der Waals surface area (Å²) in [5.41, 5.74) is 2.80. The maximum Gasteiger partial charge on any atom is 0.353 e. The average Bonchev–Trinajstić information content (AvgIpc) is 3.33. The van der Waals surface area contributed by atoms with Gasteiger partial charge in [-0.25, -0.2) is 4.79 Å². The predicted molar refractivity (Wildman–Crippen MR) is 181 cm³/mol. The number of para-hydroxylation sites is 1. The van der Waals surface area contributed by atoms with Crippen molar-refractivity contribution in [1.29, 1.82) is 0 Å². The highest BCUT2D eigenvalue weighted by molar-refractivity contribution is 6.08. The van der Waals surface area contributed by atoms with E-state index in [0.29, 0.717) is 18.9 Å². The van der Waals surface area contributed by atoms with Crippen molar-refractivity contribution in [1.82, 2.24) is 4.57 Å². The van der Waals surface area contributed by atoms with Crippen LogP contribution < -0.4 is 4.74 Å². The number of fused-ring (bicyclic) bond motifs is 1. The third kappa shape index (κ3) is 14.5. The molecule has 6 nitrogen and oxygen atoms in total. The van der Waals surface area contributed by atoms with Gasteiger partial charge in [0.25, 0.3) is 0 Å². The number of hydrogen-bond acceptors (Lipinski definition) is 4. The molecule has 42 heavy (non-hydrogen) atoms. The van der Waals surface area contributed by atoms with E-state index in [4.69, 9.17) is 9.47 Å². The Labute approximate surface area is 256 Å². The molecule has 1 fully saturated rings. The van der Waals surface area contributed by atoms with E-state index in [-0.39, 0.29) is 6.10 Å². The van der Waals surface area contributed by atoms with E-state index in [1.165, 1.54) is 12.8 Å². The molecule has 1 N–H and O–H groups in total. The average molecular weight is 584 g/mol. The van der Waals surface area contributed by atoms with Gasteiger partial charge < -0.3 is 23.9 Å². The first kappa shape index (κ1) is 40.8. The number of nitrogens with zero attached hydrogens (tertiary/aromatic N) is 1. The van der Waals surface area contributed by atoms with Crippen molar-refractivity contribution < 1.29 is 24.1 Å². The van der Waals surface area contributed by atoms with E-state index in [2.05, 4.69) is 31.7 Å². The Hall–Kier alpha value is -3.35. The standard InChI is InChI=1S/C22H23NO4.C4H8O.C3H8.C3H6.2C2H6/c1-23-19-8-3-2-7-18(19)20(21(23)22(24)25)15-9-11-16(12-10-15)27-14-17-6-4-5-13-26-17;1-3-4-5-2;2*1-3-2;2*1-2/h2-3,7-12,17H,4-6,13-14H2,1H3,(H,24,25);3H,1,4H2,2H3;3H2,1-2H3;3H,1H2,2H3;2*1-2H3. The smallest absolute Gasteiger partial charge is 0.353 e. The van der Waals surface area contributed by atoms with Gasteiger partial charge in [-0.15, -0.1) is 13.2 Å². The van der Waals surface area contributed by atoms with E-state index in [9.17, 15) is 9.90 Å². The zero-order valence-electron chi connectivity index (χ0n) is 27.7. The van der Waals surface area contributed by atoms with Gasteiger partial charge >= 0.3 is 5.97 Å². The fourth-order valence-electron chi connectivity index (χ4n) is 3.90. The summed E-state index contributed by atoms with van der Waals surface area (Å²) in [6.07, 6.45) is 8.22. The Morgan fingerprint density at radius 1 is 1.05 bits per heavy atom. The predicted octanol–water partition coefficient (Wildman–Crippen LogP) is 9.97. The SMILES string of the molecule is C=CC.C=CCOC.CC.CC.CCC.Cn1c(C(=O)O)c(-c2ccc(OCC3CCCCO3)cc2)c2ccccc21. The highest BCUT2D eigenvalue weighted by atomic mass is 16.5. The Bertz CT molecular complexity index is 1100. The summed E-state index contributed by atoms with van der Waals surface area (Å²) in [5.74, 6) is -0.163. The molecule has 2 heterocycles. The summed E-state index contributed by atoms with van der Waals surface area (Å²) in [6.45, 7) is 22.9. The fraction of sp³-hybridized carbons (Fsp3) is 0.472. The van der Waals surface area contributed by atoms with E-state index in [0.717, 1.165) is 47.2 Å². The number of aryl methyl sites for hydroxylation is 1. The molecule has 0 bridgehead atoms. The van der Waals surface area contributed by atoms with Gasteiger partial charge in [0.2, 0.25) is 0 Å². The van der Waals surface area contributed by atoms with E-state index in [1.54, 1.807) is 30.9 Å². The molecule has 0 spiro atoms. The summed E-state index contributed by atoms with van der Waals surface area (Å²) >= 11 is 0. The third-order valence-electron chi connectivity index (χ3n) is 5.45. The number of hydrogen-bond donors (Lipinski definition) is 1. The maximum absolute atomic E-state index is 11.9. The zero-order valence-corrected chi connectivity index (χ0v) is 27.7. The Kier molecular flexibility index (Phi) is 25.8. The van der Waals surface area contributed by atoms with Crippen molar-refractivity contribution in [3.05, 3.63) is 79.5 Å². The lowest BCUT2D eigenvalue weighted by molar-refractivity contribution is -0.0110. The van der Waals surface area contributed by atoms with Crippen molar-refractivity contribution in [2.75, 3.05) is 26.9 Å². The number of ether oxygens (including phenoxy) is 3. The molecule has 6 heteroatoms. The number of rotatable bonds is 7. The molecule has 4 rings (SSSR count). The van der Waals surface area contributed by atoms with Crippen LogP contribution in [0.3, 0.4) is 0 Å². The summed E-state index contributed by atoms with van der Waals surface area (Å²) in [5, 5.41) is 10.7. The first-order valence-corrected chi connectivity index (χ1v) is 15.2. The molecule has 1 unspecified atom stereocenters. The van der Waals surface area contributed by atoms with Crippen LogP contribution >= 0.6 is 0 Å². The van der Waals surface area contributed by atoms with Crippen molar-refractivity contribution in [3.8, 4) is 16.9 Å². The molecule has 1 atom stereocenters. The molecule has 2 aromatic carbocycles. The van der Waals surface area contributed by atoms with Crippen LogP contribution in [0.2, 0.25) is 0 Å². The largest absolute Gasteiger partial charge is 0.491 e. The lowest BCUT2D eigenvalue weighted by Gasteiger charge is -2.22. The summed E-state index contributed by atoms with van der Waals surface area (Å²) in [4.78, 5) is 11.9. The van der Waals surface area contributed by atoms with Crippen molar-refractivity contribution in [3.63, 3.8) is 0 Å². The number of aromatic carboxylic acids is 1. The minimum Gasteiger partial charge on any atom is -0.491 e. The fourth-order valence-corrected chi connectivity index (χ4v) is 3.90. The molecule has 1 aliphatic rings. The van der Waals surface area contributed by atoms with E-state index >= 15 is 0 Å². The molecular formula is C36H57NO5. The van der Waals surface area contributed by atoms with Gasteiger partial charge in [-0.3, -0.25) is 0 Å².